The molecule has 4 heterocycles. The van der Waals surface area contributed by atoms with Crippen LogP contribution in [0.2, 0.25) is 0 Å². The number of hydrogen-bond donors (Lipinski definition) is 0. The van der Waals surface area contributed by atoms with Crippen molar-refractivity contribution in [2.24, 2.45) is 5.92 Å². The van der Waals surface area contributed by atoms with Gasteiger partial charge in [0.15, 0.2) is 0 Å². The van der Waals surface area contributed by atoms with E-state index in [2.05, 4.69) is 11.0 Å². The average molecular weight is 420 g/mol. The number of pyridine rings is 1. The van der Waals surface area contributed by atoms with Crippen LogP contribution in [0.5, 0.6) is 0 Å². The lowest BCUT2D eigenvalue weighted by molar-refractivity contribution is -0.133. The second kappa shape index (κ2) is 9.23. The Balaban J connectivity index is 1.50. The van der Waals surface area contributed by atoms with Crippen molar-refractivity contribution in [1.29, 1.82) is 0 Å². The van der Waals surface area contributed by atoms with E-state index in [-0.39, 0.29) is 17.4 Å². The molecule has 160 valence electrons. The van der Waals surface area contributed by atoms with Gasteiger partial charge in [-0.3, -0.25) is 14.5 Å². The molecule has 0 radical (unpaired) electrons. The highest BCUT2D eigenvalue weighted by Gasteiger charge is 2.36. The van der Waals surface area contributed by atoms with Gasteiger partial charge in [-0.15, -0.1) is 0 Å². The van der Waals surface area contributed by atoms with Gasteiger partial charge in [0.2, 0.25) is 5.91 Å². The Labute approximate surface area is 177 Å². The Kier molecular flexibility index (Phi) is 6.66. The predicted octanol–water partition coefficient (Wildman–Crippen LogP) is 2.16. The van der Waals surface area contributed by atoms with Crippen molar-refractivity contribution in [1.82, 2.24) is 14.4 Å². The maximum absolute atomic E-state index is 13.3. The van der Waals surface area contributed by atoms with E-state index in [1.807, 2.05) is 21.8 Å². The van der Waals surface area contributed by atoms with Gasteiger partial charge in [-0.1, -0.05) is 6.07 Å². The molecule has 0 aromatic carbocycles. The first kappa shape index (κ1) is 20.9. The number of fused-ring (bicyclic) bond motifs is 4. The van der Waals surface area contributed by atoms with Crippen LogP contribution in [0.1, 0.15) is 42.9 Å². The van der Waals surface area contributed by atoms with E-state index in [9.17, 15) is 9.59 Å². The molecule has 0 unspecified atom stereocenters. The minimum Gasteiger partial charge on any atom is -0.383 e. The van der Waals surface area contributed by atoms with E-state index in [1.54, 1.807) is 18.9 Å². The molecule has 3 aliphatic heterocycles. The number of methoxy groups -OCH3 is 1. The monoisotopic (exact) mass is 419 g/mol. The number of likely N-dealkylation sites (tertiary alicyclic amines) is 2. The molecule has 0 saturated carbocycles. The molecule has 7 heteroatoms. The summed E-state index contributed by atoms with van der Waals surface area (Å²) in [4.78, 5) is 30.2. The lowest BCUT2D eigenvalue weighted by Crippen LogP contribution is -2.49. The Morgan fingerprint density at radius 2 is 2.14 bits per heavy atom. The first-order chi connectivity index (χ1) is 14.1. The minimum absolute atomic E-state index is 0.169. The van der Waals surface area contributed by atoms with Gasteiger partial charge >= 0.3 is 0 Å². The summed E-state index contributed by atoms with van der Waals surface area (Å²) in [6.45, 7) is 4.77. The first-order valence-electron chi connectivity index (χ1n) is 10.8. The van der Waals surface area contributed by atoms with Gasteiger partial charge in [0.05, 0.1) is 6.61 Å². The highest BCUT2D eigenvalue weighted by molar-refractivity contribution is 7.98. The molecular weight excluding hydrogens is 386 g/mol. The Morgan fingerprint density at radius 3 is 2.93 bits per heavy atom. The largest absolute Gasteiger partial charge is 0.383 e. The molecule has 0 spiro atoms. The van der Waals surface area contributed by atoms with E-state index in [1.165, 1.54) is 6.42 Å². The number of ether oxygens (including phenoxy) is 1. The Hall–Kier alpha value is -1.31. The highest BCUT2D eigenvalue weighted by atomic mass is 32.2. The van der Waals surface area contributed by atoms with Crippen molar-refractivity contribution in [3.05, 3.63) is 33.7 Å². The first-order valence-corrected chi connectivity index (χ1v) is 12.2. The number of amides is 1. The minimum atomic E-state index is 0.169. The molecule has 3 aliphatic rings. The summed E-state index contributed by atoms with van der Waals surface area (Å²) in [7, 11) is 1.75. The number of aromatic nitrogens is 1. The van der Waals surface area contributed by atoms with Crippen molar-refractivity contribution in [2.75, 3.05) is 45.4 Å². The normalized spacial score (nSPS) is 26.6. The topological polar surface area (TPSA) is 54.8 Å². The average Bonchev–Trinajstić information content (AvgIpc) is 3.15. The smallest absolute Gasteiger partial charge is 0.255 e. The molecule has 29 heavy (non-hydrogen) atoms. The van der Waals surface area contributed by atoms with E-state index in [0.717, 1.165) is 62.6 Å². The van der Waals surface area contributed by atoms with Crippen LogP contribution in [0.25, 0.3) is 0 Å². The van der Waals surface area contributed by atoms with Crippen LogP contribution >= 0.6 is 11.8 Å². The number of carbonyl (C=O) groups excluding carboxylic acids is 1. The molecule has 2 saturated heterocycles. The molecule has 4 rings (SSSR count). The zero-order valence-corrected chi connectivity index (χ0v) is 18.5. The fraction of sp³-hybridized carbons (Fsp3) is 0.727. The molecule has 1 aromatic rings. The molecule has 1 amide bonds. The van der Waals surface area contributed by atoms with E-state index < -0.39 is 0 Å². The Bertz CT molecular complexity index is 796. The molecular formula is C22H33N3O3S. The van der Waals surface area contributed by atoms with Gasteiger partial charge in [-0.25, -0.2) is 0 Å². The van der Waals surface area contributed by atoms with Gasteiger partial charge in [0, 0.05) is 68.7 Å². The number of nitrogens with zero attached hydrogens (tertiary/aromatic N) is 3. The molecule has 0 aliphatic carbocycles. The maximum atomic E-state index is 13.3. The highest BCUT2D eigenvalue weighted by Crippen LogP contribution is 2.35. The van der Waals surface area contributed by atoms with E-state index in [0.29, 0.717) is 24.9 Å². The van der Waals surface area contributed by atoms with E-state index in [4.69, 9.17) is 4.74 Å². The lowest BCUT2D eigenvalue weighted by Gasteiger charge is -2.43. The molecule has 1 aromatic heterocycles. The predicted molar refractivity (Wildman–Crippen MR) is 116 cm³/mol. The summed E-state index contributed by atoms with van der Waals surface area (Å²) in [5.41, 5.74) is 2.18. The van der Waals surface area contributed by atoms with Crippen molar-refractivity contribution in [3.63, 3.8) is 0 Å². The van der Waals surface area contributed by atoms with Crippen LogP contribution in [0.3, 0.4) is 0 Å². The summed E-state index contributed by atoms with van der Waals surface area (Å²) in [6, 6.07) is 4.60. The zero-order chi connectivity index (χ0) is 20.4. The van der Waals surface area contributed by atoms with Gasteiger partial charge in [0.1, 0.15) is 0 Å². The number of thioether (sulfide) groups is 1. The molecule has 2 bridgehead atoms. The van der Waals surface area contributed by atoms with Gasteiger partial charge in [-0.05, 0) is 44.0 Å². The summed E-state index contributed by atoms with van der Waals surface area (Å²) in [5.74, 6) is 1.82. The van der Waals surface area contributed by atoms with Crippen molar-refractivity contribution in [2.45, 2.75) is 50.7 Å². The quantitative estimate of drug-likeness (QED) is 0.678. The van der Waals surface area contributed by atoms with Crippen molar-refractivity contribution < 1.29 is 9.53 Å². The standard InChI is InChI=1S/C22H33N3O3S/c1-28-15-19-4-3-8-23(19)13-17-5-6-20-18-10-16(12-25(20)22(17)27)11-24(14-18)21(26)7-9-29-2/h5-6,16,18-19H,3-4,7-15H2,1-2H3/t16-,18+,19-/m0/s1. The number of rotatable bonds is 7. The SMILES string of the molecule is COC[C@@H]1CCCN1Cc1ccc2n(c1=O)C[C@H]1C[C@@H]2CN(C(=O)CCSC)C1. The van der Waals surface area contributed by atoms with Gasteiger partial charge in [0.25, 0.3) is 5.56 Å². The second-order valence-corrected chi connectivity index (χ2v) is 9.75. The number of hydrogen-bond acceptors (Lipinski definition) is 5. The fourth-order valence-corrected chi connectivity index (χ4v) is 5.74. The number of piperidine rings is 1. The van der Waals surface area contributed by atoms with Crippen LogP contribution in [-0.2, 0) is 22.6 Å². The summed E-state index contributed by atoms with van der Waals surface area (Å²) >= 11 is 1.72. The van der Waals surface area contributed by atoms with Crippen molar-refractivity contribution in [3.8, 4) is 0 Å². The van der Waals surface area contributed by atoms with Crippen LogP contribution in [0.15, 0.2) is 16.9 Å². The summed E-state index contributed by atoms with van der Waals surface area (Å²) in [5, 5.41) is 0. The molecule has 0 N–H and O–H groups in total. The third-order valence-electron chi connectivity index (χ3n) is 6.79. The third kappa shape index (κ3) is 4.42. The second-order valence-electron chi connectivity index (χ2n) is 8.76. The molecule has 2 fully saturated rings. The van der Waals surface area contributed by atoms with Crippen LogP contribution in [-0.4, -0.2) is 71.7 Å². The third-order valence-corrected chi connectivity index (χ3v) is 7.40. The van der Waals surface area contributed by atoms with Crippen LogP contribution in [0.4, 0.5) is 0 Å². The van der Waals surface area contributed by atoms with Crippen LogP contribution < -0.4 is 5.56 Å². The molecule has 6 nitrogen and oxygen atoms in total. The van der Waals surface area contributed by atoms with Gasteiger partial charge in [-0.2, -0.15) is 11.8 Å². The summed E-state index contributed by atoms with van der Waals surface area (Å²) < 4.78 is 7.37. The van der Waals surface area contributed by atoms with Crippen LogP contribution in [0, 0.1) is 5.92 Å². The maximum Gasteiger partial charge on any atom is 0.255 e. The Morgan fingerprint density at radius 1 is 1.28 bits per heavy atom. The fourth-order valence-electron chi connectivity index (χ4n) is 5.37. The van der Waals surface area contributed by atoms with E-state index >= 15 is 0 Å². The molecule has 3 atom stereocenters. The van der Waals surface area contributed by atoms with Crippen molar-refractivity contribution >= 4 is 17.7 Å². The zero-order valence-electron chi connectivity index (χ0n) is 17.6. The lowest BCUT2D eigenvalue weighted by atomic mass is 9.83. The summed E-state index contributed by atoms with van der Waals surface area (Å²) in [6.07, 6.45) is 6.06. The number of carbonyl (C=O) groups is 1. The van der Waals surface area contributed by atoms with Gasteiger partial charge < -0.3 is 14.2 Å².